The summed E-state index contributed by atoms with van der Waals surface area (Å²) < 4.78 is 34.8. The number of quaternary nitrogens is 2. The lowest BCUT2D eigenvalue weighted by Gasteiger charge is -2.47. The molecule has 3 unspecified atom stereocenters. The highest BCUT2D eigenvalue weighted by molar-refractivity contribution is 6.99. The van der Waals surface area contributed by atoms with Gasteiger partial charge in [0.1, 0.15) is 18.3 Å². The Kier molecular flexibility index (Phi) is 12.7. The van der Waals surface area contributed by atoms with Crippen LogP contribution in [0.25, 0.3) is 5.57 Å². The molecule has 3 aromatic rings. The first-order valence-corrected chi connectivity index (χ1v) is 21.2. The molecule has 3 atom stereocenters. The fourth-order valence-corrected chi connectivity index (χ4v) is 10.1. The van der Waals surface area contributed by atoms with E-state index >= 15 is 0 Å². The van der Waals surface area contributed by atoms with Gasteiger partial charge in [-0.05, 0) is 6.42 Å². The first-order valence-electron chi connectivity index (χ1n) is 20.5. The lowest BCUT2D eigenvalue weighted by molar-refractivity contribution is -0.956. The Labute approximate surface area is 334 Å². The minimum Gasteiger partial charge on any atom is -0.475 e. The number of likely N-dealkylation sites (N-methyl/N-ethyl adjacent to an activating group) is 1. The summed E-state index contributed by atoms with van der Waals surface area (Å²) in [5, 5.41) is 0. The Bertz CT molecular complexity index is 1820. The van der Waals surface area contributed by atoms with Gasteiger partial charge in [-0.2, -0.15) is 4.37 Å². The minimum absolute atomic E-state index is 0.0913. The molecule has 0 amide bonds. The third kappa shape index (κ3) is 8.62. The van der Waals surface area contributed by atoms with E-state index in [-0.39, 0.29) is 12.8 Å². The van der Waals surface area contributed by atoms with E-state index in [1.807, 2.05) is 43.4 Å². The molecule has 0 N–H and O–H groups in total. The summed E-state index contributed by atoms with van der Waals surface area (Å²) in [6, 6.07) is 19.0. The Morgan fingerprint density at radius 2 is 1.52 bits per heavy atom. The van der Waals surface area contributed by atoms with Crippen LogP contribution in [-0.2, 0) is 34.2 Å². The SMILES string of the molecule is CCCCCCOc1nsnc1C1=CCC[N+](C)(COC(=O)/C=C/C(=O)OC(C(=O)OC2CC3CCC(C2)[N+]32CCCC2)(c2ccccc2)c2ccccc2)C1. The zero-order chi connectivity index (χ0) is 39.0. The molecule has 2 bridgehead atoms. The maximum absolute atomic E-state index is 14.6. The number of ether oxygens (including phenoxy) is 4. The molecular weight excluding hydrogens is 729 g/mol. The maximum Gasteiger partial charge on any atom is 0.360 e. The Morgan fingerprint density at radius 1 is 0.857 bits per heavy atom. The van der Waals surface area contributed by atoms with Gasteiger partial charge in [-0.1, -0.05) is 92.9 Å². The topological polar surface area (TPSA) is 114 Å². The normalized spacial score (nSPS) is 24.2. The van der Waals surface area contributed by atoms with Crippen molar-refractivity contribution in [2.75, 3.05) is 46.6 Å². The number of rotatable bonds is 16. The molecule has 1 spiro atoms. The number of piperidine rings is 1. The lowest BCUT2D eigenvalue weighted by Crippen LogP contribution is -2.60. The molecule has 3 saturated heterocycles. The summed E-state index contributed by atoms with van der Waals surface area (Å²) in [5.74, 6) is -1.63. The number of nitrogens with zero attached hydrogens (tertiary/aromatic N) is 4. The second-order valence-corrected chi connectivity index (χ2v) is 16.8. The molecule has 7 rings (SSSR count). The van der Waals surface area contributed by atoms with Crippen molar-refractivity contribution in [3.05, 3.63) is 95.7 Å². The number of hydrogen-bond donors (Lipinski definition) is 0. The second-order valence-electron chi connectivity index (χ2n) is 16.2. The number of esters is 3. The van der Waals surface area contributed by atoms with Gasteiger partial charge >= 0.3 is 17.9 Å². The highest BCUT2D eigenvalue weighted by Crippen LogP contribution is 2.47. The van der Waals surface area contributed by atoms with Gasteiger partial charge < -0.3 is 23.4 Å². The van der Waals surface area contributed by atoms with Crippen LogP contribution >= 0.6 is 11.7 Å². The van der Waals surface area contributed by atoms with E-state index in [1.165, 1.54) is 36.8 Å². The molecular formula is C44H56N4O7S+2. The van der Waals surface area contributed by atoms with E-state index < -0.39 is 23.5 Å². The van der Waals surface area contributed by atoms with Crippen LogP contribution in [0.1, 0.15) is 94.4 Å². The Balaban J connectivity index is 1.01. The lowest BCUT2D eigenvalue weighted by atomic mass is 9.85. The zero-order valence-corrected chi connectivity index (χ0v) is 33.6. The molecule has 0 saturated carbocycles. The number of carbonyl (C=O) groups is 3. The number of hydrogen-bond acceptors (Lipinski definition) is 10. The number of unbranched alkanes of at least 4 members (excludes halogenated alkanes) is 3. The van der Waals surface area contributed by atoms with Crippen molar-refractivity contribution in [2.24, 2.45) is 0 Å². The van der Waals surface area contributed by atoms with Gasteiger partial charge in [0.2, 0.25) is 6.73 Å². The van der Waals surface area contributed by atoms with Crippen LogP contribution in [0.3, 0.4) is 0 Å². The largest absolute Gasteiger partial charge is 0.475 e. The fourth-order valence-electron chi connectivity index (χ4n) is 9.59. The van der Waals surface area contributed by atoms with E-state index in [0.29, 0.717) is 46.7 Å². The first-order chi connectivity index (χ1) is 27.2. The summed E-state index contributed by atoms with van der Waals surface area (Å²) in [7, 11) is 2.02. The van der Waals surface area contributed by atoms with Gasteiger partial charge in [-0.25, -0.2) is 14.4 Å². The van der Waals surface area contributed by atoms with E-state index in [2.05, 4.69) is 21.7 Å². The third-order valence-electron chi connectivity index (χ3n) is 12.4. The van der Waals surface area contributed by atoms with Crippen molar-refractivity contribution in [3.8, 4) is 5.88 Å². The molecule has 56 heavy (non-hydrogen) atoms. The molecule has 4 aliphatic rings. The number of benzene rings is 2. The summed E-state index contributed by atoms with van der Waals surface area (Å²) >= 11 is 1.13. The quantitative estimate of drug-likeness (QED) is 0.0493. The van der Waals surface area contributed by atoms with Crippen LogP contribution in [0.5, 0.6) is 5.88 Å². The Morgan fingerprint density at radius 3 is 2.18 bits per heavy atom. The van der Waals surface area contributed by atoms with Gasteiger partial charge in [-0.3, -0.25) is 4.48 Å². The molecule has 11 nitrogen and oxygen atoms in total. The fraction of sp³-hybridized carbons (Fsp3) is 0.523. The van der Waals surface area contributed by atoms with Gasteiger partial charge in [-0.15, -0.1) is 4.37 Å². The van der Waals surface area contributed by atoms with Crippen molar-refractivity contribution in [2.45, 2.75) is 101 Å². The summed E-state index contributed by atoms with van der Waals surface area (Å²) in [5.41, 5.74) is 0.801. The van der Waals surface area contributed by atoms with E-state index in [1.54, 1.807) is 24.3 Å². The van der Waals surface area contributed by atoms with Crippen LogP contribution < -0.4 is 4.74 Å². The molecule has 2 aromatic carbocycles. The average molecular weight is 785 g/mol. The number of carbonyl (C=O) groups excluding carboxylic acids is 3. The highest BCUT2D eigenvalue weighted by Gasteiger charge is 2.57. The van der Waals surface area contributed by atoms with Crippen molar-refractivity contribution in [3.63, 3.8) is 0 Å². The zero-order valence-electron chi connectivity index (χ0n) is 32.8. The maximum atomic E-state index is 14.6. The summed E-state index contributed by atoms with van der Waals surface area (Å²) in [6.07, 6.45) is 15.7. The molecule has 12 heteroatoms. The van der Waals surface area contributed by atoms with Crippen molar-refractivity contribution in [1.82, 2.24) is 8.75 Å². The standard InChI is InChI=1S/C44H56N4O7S/c1-3-4-5-14-28-52-42-41(45-56-46-42)33-16-15-25-47(2,31-33)32-53-39(49)23-24-40(50)55-44(34-17-8-6-9-18-34,35-19-10-7-11-20-35)43(51)54-38-29-36-21-22-37(30-38)48(36)26-12-13-27-48/h6-11,16-20,23-24,36-38H,3-5,12-15,21-22,25-32H2,1-2H3/q+2/b24-23+. The van der Waals surface area contributed by atoms with E-state index in [4.69, 9.17) is 18.9 Å². The monoisotopic (exact) mass is 784 g/mol. The molecule has 4 aliphatic heterocycles. The predicted octanol–water partition coefficient (Wildman–Crippen LogP) is 7.12. The van der Waals surface area contributed by atoms with Gasteiger partial charge in [0.25, 0.3) is 11.5 Å². The predicted molar refractivity (Wildman–Crippen MR) is 213 cm³/mol. The molecule has 5 heterocycles. The van der Waals surface area contributed by atoms with Gasteiger partial charge in [0.05, 0.1) is 57.1 Å². The van der Waals surface area contributed by atoms with Gasteiger partial charge in [0.15, 0.2) is 0 Å². The molecule has 298 valence electrons. The van der Waals surface area contributed by atoms with E-state index in [9.17, 15) is 14.4 Å². The van der Waals surface area contributed by atoms with Crippen LogP contribution in [0.4, 0.5) is 0 Å². The molecule has 3 fully saturated rings. The minimum atomic E-state index is -1.89. The molecule has 0 aliphatic carbocycles. The van der Waals surface area contributed by atoms with Crippen molar-refractivity contribution < 1.29 is 42.3 Å². The smallest absolute Gasteiger partial charge is 0.360 e. The summed E-state index contributed by atoms with van der Waals surface area (Å²) in [6.45, 7) is 6.65. The molecule has 0 radical (unpaired) electrons. The second kappa shape index (κ2) is 17.8. The third-order valence-corrected chi connectivity index (χ3v) is 12.9. The Hall–Kier alpha value is -4.39. The molecule has 1 aromatic heterocycles. The van der Waals surface area contributed by atoms with Crippen LogP contribution in [0.2, 0.25) is 0 Å². The first kappa shape index (κ1) is 39.8. The van der Waals surface area contributed by atoms with Crippen molar-refractivity contribution in [1.29, 1.82) is 0 Å². The van der Waals surface area contributed by atoms with Crippen LogP contribution in [-0.4, -0.2) is 100 Å². The van der Waals surface area contributed by atoms with Gasteiger partial charge in [0, 0.05) is 73.8 Å². The van der Waals surface area contributed by atoms with Crippen LogP contribution in [0.15, 0.2) is 78.9 Å². The average Bonchev–Trinajstić information content (AvgIpc) is 3.94. The number of aromatic nitrogens is 2. The van der Waals surface area contributed by atoms with Crippen molar-refractivity contribution >= 4 is 35.2 Å². The highest BCUT2D eigenvalue weighted by atomic mass is 32.1. The summed E-state index contributed by atoms with van der Waals surface area (Å²) in [4.78, 5) is 41.5. The van der Waals surface area contributed by atoms with Crippen LogP contribution in [0, 0.1) is 0 Å². The van der Waals surface area contributed by atoms with E-state index in [0.717, 1.165) is 93.1 Å².